The van der Waals surface area contributed by atoms with E-state index in [1.165, 1.54) is 0 Å². The van der Waals surface area contributed by atoms with Gasteiger partial charge in [0.2, 0.25) is 0 Å². The summed E-state index contributed by atoms with van der Waals surface area (Å²) >= 11 is 0. The Morgan fingerprint density at radius 2 is 2.17 bits per heavy atom. The molecule has 1 unspecified atom stereocenters. The highest BCUT2D eigenvalue weighted by molar-refractivity contribution is 5.77. The van der Waals surface area contributed by atoms with Crippen LogP contribution in [0.15, 0.2) is 34.7 Å². The SMILES string of the molecule is COCCNCC(C)(O)c1cc2ccccc2o1. The summed E-state index contributed by atoms with van der Waals surface area (Å²) in [5, 5.41) is 14.5. The van der Waals surface area contributed by atoms with Gasteiger partial charge in [0.1, 0.15) is 16.9 Å². The molecule has 0 aliphatic heterocycles. The maximum absolute atomic E-state index is 10.4. The molecule has 0 aliphatic carbocycles. The lowest BCUT2D eigenvalue weighted by Gasteiger charge is -2.21. The number of hydrogen-bond acceptors (Lipinski definition) is 4. The van der Waals surface area contributed by atoms with Gasteiger partial charge in [0.15, 0.2) is 0 Å². The van der Waals surface area contributed by atoms with Crippen molar-refractivity contribution in [3.63, 3.8) is 0 Å². The zero-order valence-electron chi connectivity index (χ0n) is 10.8. The Hall–Kier alpha value is -1.36. The second-order valence-corrected chi connectivity index (χ2v) is 4.59. The summed E-state index contributed by atoms with van der Waals surface area (Å²) in [4.78, 5) is 0. The Labute approximate surface area is 107 Å². The zero-order chi connectivity index (χ0) is 13.0. The third-order valence-electron chi connectivity index (χ3n) is 2.91. The van der Waals surface area contributed by atoms with Crippen molar-refractivity contribution in [1.82, 2.24) is 5.32 Å². The van der Waals surface area contributed by atoms with Gasteiger partial charge in [-0.2, -0.15) is 0 Å². The van der Waals surface area contributed by atoms with Gasteiger partial charge in [-0.3, -0.25) is 0 Å². The van der Waals surface area contributed by atoms with Gasteiger partial charge >= 0.3 is 0 Å². The van der Waals surface area contributed by atoms with Gasteiger partial charge in [0.25, 0.3) is 0 Å². The van der Waals surface area contributed by atoms with E-state index < -0.39 is 5.60 Å². The molecule has 0 spiro atoms. The van der Waals surface area contributed by atoms with E-state index in [4.69, 9.17) is 9.15 Å². The Morgan fingerprint density at radius 1 is 1.39 bits per heavy atom. The Bertz CT molecular complexity index is 471. The zero-order valence-corrected chi connectivity index (χ0v) is 10.8. The molecular weight excluding hydrogens is 230 g/mol. The summed E-state index contributed by atoms with van der Waals surface area (Å²) < 4.78 is 10.6. The maximum Gasteiger partial charge on any atom is 0.137 e. The minimum atomic E-state index is -1.02. The molecule has 98 valence electrons. The van der Waals surface area contributed by atoms with Crippen molar-refractivity contribution >= 4 is 11.0 Å². The molecule has 4 nitrogen and oxygen atoms in total. The van der Waals surface area contributed by atoms with Gasteiger partial charge < -0.3 is 19.6 Å². The van der Waals surface area contributed by atoms with Crippen LogP contribution in [0.3, 0.4) is 0 Å². The quantitative estimate of drug-likeness (QED) is 0.767. The van der Waals surface area contributed by atoms with E-state index in [2.05, 4.69) is 5.32 Å². The first kappa shape index (κ1) is 13.1. The topological polar surface area (TPSA) is 54.6 Å². The average Bonchev–Trinajstić information content (AvgIpc) is 2.79. The first-order valence-corrected chi connectivity index (χ1v) is 6.04. The average molecular weight is 249 g/mol. The van der Waals surface area contributed by atoms with E-state index in [1.807, 2.05) is 30.3 Å². The summed E-state index contributed by atoms with van der Waals surface area (Å²) in [6.45, 7) is 3.49. The van der Waals surface area contributed by atoms with E-state index in [-0.39, 0.29) is 0 Å². The van der Waals surface area contributed by atoms with Gasteiger partial charge in [-0.15, -0.1) is 0 Å². The molecule has 18 heavy (non-hydrogen) atoms. The highest BCUT2D eigenvalue weighted by Crippen LogP contribution is 2.27. The van der Waals surface area contributed by atoms with Crippen molar-refractivity contribution in [2.75, 3.05) is 26.8 Å². The van der Waals surface area contributed by atoms with Crippen molar-refractivity contribution < 1.29 is 14.3 Å². The highest BCUT2D eigenvalue weighted by atomic mass is 16.5. The number of nitrogens with one attached hydrogen (secondary N) is 1. The lowest BCUT2D eigenvalue weighted by molar-refractivity contribution is 0.0344. The first-order valence-electron chi connectivity index (χ1n) is 6.04. The Kier molecular flexibility index (Phi) is 4.01. The minimum Gasteiger partial charge on any atom is -0.458 e. The van der Waals surface area contributed by atoms with Crippen LogP contribution in [-0.4, -0.2) is 31.9 Å². The highest BCUT2D eigenvalue weighted by Gasteiger charge is 2.26. The number of fused-ring (bicyclic) bond motifs is 1. The van der Waals surface area contributed by atoms with Crippen molar-refractivity contribution in [3.8, 4) is 0 Å². The molecule has 0 amide bonds. The summed E-state index contributed by atoms with van der Waals surface area (Å²) in [6.07, 6.45) is 0. The fraction of sp³-hybridized carbons (Fsp3) is 0.429. The number of rotatable bonds is 6. The summed E-state index contributed by atoms with van der Waals surface area (Å²) in [6, 6.07) is 9.62. The van der Waals surface area contributed by atoms with Gasteiger partial charge in [-0.1, -0.05) is 18.2 Å². The van der Waals surface area contributed by atoms with Crippen LogP contribution >= 0.6 is 0 Å². The van der Waals surface area contributed by atoms with Crippen molar-refractivity contribution in [2.24, 2.45) is 0 Å². The number of ether oxygens (including phenoxy) is 1. The number of hydrogen-bond donors (Lipinski definition) is 2. The van der Waals surface area contributed by atoms with Gasteiger partial charge in [-0.05, 0) is 19.1 Å². The molecule has 1 aromatic carbocycles. The van der Waals surface area contributed by atoms with E-state index in [9.17, 15) is 5.11 Å². The predicted octanol–water partition coefficient (Wildman–Crippen LogP) is 1.88. The molecule has 0 radical (unpaired) electrons. The standard InChI is InChI=1S/C14H19NO3/c1-14(16,10-15-7-8-17-2)13-9-11-5-3-4-6-12(11)18-13/h3-6,9,15-16H,7-8,10H2,1-2H3. The Morgan fingerprint density at radius 3 is 2.89 bits per heavy atom. The number of aliphatic hydroxyl groups is 1. The molecule has 2 aromatic rings. The van der Waals surface area contributed by atoms with Gasteiger partial charge in [0, 0.05) is 25.6 Å². The molecule has 4 heteroatoms. The van der Waals surface area contributed by atoms with Crippen molar-refractivity contribution in [3.05, 3.63) is 36.1 Å². The second-order valence-electron chi connectivity index (χ2n) is 4.59. The lowest BCUT2D eigenvalue weighted by Crippen LogP contribution is -2.36. The van der Waals surface area contributed by atoms with E-state index >= 15 is 0 Å². The third kappa shape index (κ3) is 2.90. The van der Waals surface area contributed by atoms with E-state index in [1.54, 1.807) is 14.0 Å². The molecule has 2 N–H and O–H groups in total. The molecule has 0 fully saturated rings. The fourth-order valence-corrected chi connectivity index (χ4v) is 1.84. The molecule has 2 rings (SSSR count). The maximum atomic E-state index is 10.4. The van der Waals surface area contributed by atoms with Crippen LogP contribution in [-0.2, 0) is 10.3 Å². The summed E-state index contributed by atoms with van der Waals surface area (Å²) in [5.74, 6) is 0.577. The minimum absolute atomic E-state index is 0.427. The molecule has 0 saturated carbocycles. The van der Waals surface area contributed by atoms with Crippen LogP contribution in [0.25, 0.3) is 11.0 Å². The number of furan rings is 1. The first-order chi connectivity index (χ1) is 8.63. The molecule has 0 saturated heterocycles. The van der Waals surface area contributed by atoms with E-state index in [0.717, 1.165) is 11.0 Å². The molecule has 1 atom stereocenters. The second kappa shape index (κ2) is 5.52. The van der Waals surface area contributed by atoms with Crippen LogP contribution in [0.4, 0.5) is 0 Å². The largest absolute Gasteiger partial charge is 0.458 e. The monoisotopic (exact) mass is 249 g/mol. The Balaban J connectivity index is 2.08. The fourth-order valence-electron chi connectivity index (χ4n) is 1.84. The summed E-state index contributed by atoms with van der Waals surface area (Å²) in [5.41, 5.74) is -0.225. The van der Waals surface area contributed by atoms with Gasteiger partial charge in [0.05, 0.1) is 6.61 Å². The molecule has 0 bridgehead atoms. The summed E-state index contributed by atoms with van der Waals surface area (Å²) in [7, 11) is 1.65. The lowest BCUT2D eigenvalue weighted by atomic mass is 10.0. The van der Waals surface area contributed by atoms with Gasteiger partial charge in [-0.25, -0.2) is 0 Å². The third-order valence-corrected chi connectivity index (χ3v) is 2.91. The molecule has 1 aromatic heterocycles. The number of benzene rings is 1. The van der Waals surface area contributed by atoms with Crippen LogP contribution < -0.4 is 5.32 Å². The number of methoxy groups -OCH3 is 1. The van der Waals surface area contributed by atoms with Crippen LogP contribution in [0, 0.1) is 0 Å². The smallest absolute Gasteiger partial charge is 0.137 e. The molecular formula is C14H19NO3. The normalized spacial score (nSPS) is 14.8. The van der Waals surface area contributed by atoms with Crippen molar-refractivity contribution in [2.45, 2.75) is 12.5 Å². The van der Waals surface area contributed by atoms with Crippen LogP contribution in [0.2, 0.25) is 0 Å². The predicted molar refractivity (Wildman–Crippen MR) is 70.5 cm³/mol. The molecule has 1 heterocycles. The molecule has 0 aliphatic rings. The number of para-hydroxylation sites is 1. The van der Waals surface area contributed by atoms with Crippen LogP contribution in [0.1, 0.15) is 12.7 Å². The van der Waals surface area contributed by atoms with E-state index in [0.29, 0.717) is 25.5 Å². The van der Waals surface area contributed by atoms with Crippen molar-refractivity contribution in [1.29, 1.82) is 0 Å². The van der Waals surface area contributed by atoms with Crippen LogP contribution in [0.5, 0.6) is 0 Å².